The van der Waals surface area contributed by atoms with E-state index in [4.69, 9.17) is 5.73 Å². The number of nitrogens with one attached hydrogen (secondary N) is 1. The van der Waals surface area contributed by atoms with E-state index >= 15 is 0 Å². The van der Waals surface area contributed by atoms with E-state index in [0.717, 1.165) is 5.56 Å². The van der Waals surface area contributed by atoms with Crippen molar-refractivity contribution in [1.82, 2.24) is 5.32 Å². The molecule has 1 amide bonds. The van der Waals surface area contributed by atoms with Gasteiger partial charge in [-0.1, -0.05) is 0 Å². The van der Waals surface area contributed by atoms with E-state index < -0.39 is 5.60 Å². The fraction of sp³-hybridized carbons (Fsp3) is 0.462. The number of benzene rings is 1. The van der Waals surface area contributed by atoms with Gasteiger partial charge in [0, 0.05) is 23.5 Å². The second-order valence-electron chi connectivity index (χ2n) is 4.68. The standard InChI is InChI=1S/C13H20N2O2S/c1-9-6-10(4-5-11(9)14)12(16)15-7-13(2,17)8-18-3/h4-6,17H,7-8,14H2,1-3H3,(H,15,16). The van der Waals surface area contributed by atoms with Gasteiger partial charge in [0.05, 0.1) is 5.60 Å². The number of hydrogen-bond acceptors (Lipinski definition) is 4. The number of aliphatic hydroxyl groups is 1. The van der Waals surface area contributed by atoms with Crippen molar-refractivity contribution < 1.29 is 9.90 Å². The molecule has 18 heavy (non-hydrogen) atoms. The van der Waals surface area contributed by atoms with E-state index in [9.17, 15) is 9.90 Å². The molecule has 0 fully saturated rings. The number of rotatable bonds is 5. The SMILES string of the molecule is CSCC(C)(O)CNC(=O)c1ccc(N)c(C)c1. The summed E-state index contributed by atoms with van der Waals surface area (Å²) in [6.07, 6.45) is 1.92. The van der Waals surface area contributed by atoms with Crippen molar-refractivity contribution in [2.24, 2.45) is 0 Å². The van der Waals surface area contributed by atoms with Crippen LogP contribution in [0.2, 0.25) is 0 Å². The average molecular weight is 268 g/mol. The first-order chi connectivity index (χ1) is 8.35. The highest BCUT2D eigenvalue weighted by molar-refractivity contribution is 7.98. The molecule has 0 saturated heterocycles. The molecule has 0 aromatic heterocycles. The summed E-state index contributed by atoms with van der Waals surface area (Å²) >= 11 is 1.54. The summed E-state index contributed by atoms with van der Waals surface area (Å²) in [4.78, 5) is 11.9. The maximum Gasteiger partial charge on any atom is 0.251 e. The number of amides is 1. The lowest BCUT2D eigenvalue weighted by Crippen LogP contribution is -2.42. The van der Waals surface area contributed by atoms with Gasteiger partial charge in [-0.2, -0.15) is 11.8 Å². The van der Waals surface area contributed by atoms with Crippen molar-refractivity contribution in [1.29, 1.82) is 0 Å². The van der Waals surface area contributed by atoms with Gasteiger partial charge in [-0.15, -0.1) is 0 Å². The summed E-state index contributed by atoms with van der Waals surface area (Å²) in [6, 6.07) is 5.14. The van der Waals surface area contributed by atoms with Gasteiger partial charge in [-0.25, -0.2) is 0 Å². The number of nitrogen functional groups attached to an aromatic ring is 1. The lowest BCUT2D eigenvalue weighted by atomic mass is 10.1. The third-order valence-corrected chi connectivity index (χ3v) is 3.53. The number of anilines is 1. The molecule has 0 aliphatic rings. The largest absolute Gasteiger partial charge is 0.399 e. The van der Waals surface area contributed by atoms with Crippen molar-refractivity contribution in [3.63, 3.8) is 0 Å². The number of thioether (sulfide) groups is 1. The second-order valence-corrected chi connectivity index (χ2v) is 5.55. The van der Waals surface area contributed by atoms with Gasteiger partial charge < -0.3 is 16.2 Å². The molecule has 1 atom stereocenters. The third-order valence-electron chi connectivity index (χ3n) is 2.62. The summed E-state index contributed by atoms with van der Waals surface area (Å²) in [6.45, 7) is 3.80. The molecule has 1 unspecified atom stereocenters. The van der Waals surface area contributed by atoms with Crippen LogP contribution < -0.4 is 11.1 Å². The first-order valence-corrected chi connectivity index (χ1v) is 7.11. The molecular formula is C13H20N2O2S. The van der Waals surface area contributed by atoms with E-state index in [1.165, 1.54) is 0 Å². The molecule has 0 heterocycles. The Morgan fingerprint density at radius 1 is 1.56 bits per heavy atom. The highest BCUT2D eigenvalue weighted by Crippen LogP contribution is 2.13. The fourth-order valence-corrected chi connectivity index (χ4v) is 2.28. The van der Waals surface area contributed by atoms with E-state index in [1.54, 1.807) is 36.9 Å². The Kier molecular flexibility index (Phi) is 5.04. The number of carbonyl (C=O) groups is 1. The van der Waals surface area contributed by atoms with Crippen molar-refractivity contribution in [2.45, 2.75) is 19.4 Å². The first kappa shape index (κ1) is 14.9. The van der Waals surface area contributed by atoms with Crippen molar-refractivity contribution in [3.05, 3.63) is 29.3 Å². The normalized spacial score (nSPS) is 14.0. The van der Waals surface area contributed by atoms with Gasteiger partial charge >= 0.3 is 0 Å². The molecule has 100 valence electrons. The van der Waals surface area contributed by atoms with Crippen LogP contribution in [0.15, 0.2) is 18.2 Å². The molecule has 0 radical (unpaired) electrons. The predicted molar refractivity (Wildman–Crippen MR) is 76.9 cm³/mol. The quantitative estimate of drug-likeness (QED) is 0.706. The van der Waals surface area contributed by atoms with Gasteiger partial charge in [0.2, 0.25) is 0 Å². The fourth-order valence-electron chi connectivity index (χ4n) is 1.55. The molecule has 1 aromatic carbocycles. The summed E-state index contributed by atoms with van der Waals surface area (Å²) < 4.78 is 0. The maximum atomic E-state index is 11.9. The Morgan fingerprint density at radius 2 is 2.22 bits per heavy atom. The molecule has 0 saturated carbocycles. The lowest BCUT2D eigenvalue weighted by Gasteiger charge is -2.22. The minimum absolute atomic E-state index is 0.195. The molecule has 0 spiro atoms. The number of nitrogens with two attached hydrogens (primary N) is 1. The number of aryl methyl sites for hydroxylation is 1. The van der Waals surface area contributed by atoms with Crippen LogP contribution in [0.4, 0.5) is 5.69 Å². The molecule has 1 aromatic rings. The van der Waals surface area contributed by atoms with Crippen LogP contribution in [0, 0.1) is 6.92 Å². The number of carbonyl (C=O) groups excluding carboxylic acids is 1. The molecule has 5 heteroatoms. The van der Waals surface area contributed by atoms with E-state index in [-0.39, 0.29) is 12.5 Å². The summed E-state index contributed by atoms with van der Waals surface area (Å²) in [5.41, 5.74) is 6.90. The Hall–Kier alpha value is -1.20. The number of hydrogen-bond donors (Lipinski definition) is 3. The van der Waals surface area contributed by atoms with Crippen molar-refractivity contribution >= 4 is 23.4 Å². The van der Waals surface area contributed by atoms with E-state index in [1.807, 2.05) is 13.2 Å². The van der Waals surface area contributed by atoms with E-state index in [0.29, 0.717) is 17.0 Å². The first-order valence-electron chi connectivity index (χ1n) is 5.71. The van der Waals surface area contributed by atoms with Gasteiger partial charge in [0.15, 0.2) is 0 Å². The van der Waals surface area contributed by atoms with Gasteiger partial charge in [0.25, 0.3) is 5.91 Å². The van der Waals surface area contributed by atoms with Crippen molar-refractivity contribution in [2.75, 3.05) is 24.3 Å². The third kappa shape index (κ3) is 4.23. The van der Waals surface area contributed by atoms with Gasteiger partial charge in [0.1, 0.15) is 0 Å². The predicted octanol–water partition coefficient (Wildman–Crippen LogP) is 1.42. The van der Waals surface area contributed by atoms with Crippen LogP contribution in [-0.4, -0.2) is 35.2 Å². The van der Waals surface area contributed by atoms with Crippen LogP contribution in [0.25, 0.3) is 0 Å². The molecule has 4 nitrogen and oxygen atoms in total. The molecule has 0 aliphatic heterocycles. The maximum absolute atomic E-state index is 11.9. The lowest BCUT2D eigenvalue weighted by molar-refractivity contribution is 0.0725. The topological polar surface area (TPSA) is 75.3 Å². The highest BCUT2D eigenvalue weighted by Gasteiger charge is 2.20. The minimum atomic E-state index is -0.891. The second kappa shape index (κ2) is 6.11. The molecule has 0 bridgehead atoms. The van der Waals surface area contributed by atoms with Crippen LogP contribution in [-0.2, 0) is 0 Å². The molecule has 1 rings (SSSR count). The summed E-state index contributed by atoms with van der Waals surface area (Å²) in [5, 5.41) is 12.7. The minimum Gasteiger partial charge on any atom is -0.399 e. The highest BCUT2D eigenvalue weighted by atomic mass is 32.2. The van der Waals surface area contributed by atoms with Crippen LogP contribution in [0.1, 0.15) is 22.8 Å². The Morgan fingerprint density at radius 3 is 2.78 bits per heavy atom. The summed E-state index contributed by atoms with van der Waals surface area (Å²) in [7, 11) is 0. The van der Waals surface area contributed by atoms with Crippen LogP contribution in [0.5, 0.6) is 0 Å². The molecule has 0 aliphatic carbocycles. The van der Waals surface area contributed by atoms with Crippen LogP contribution >= 0.6 is 11.8 Å². The van der Waals surface area contributed by atoms with Gasteiger partial charge in [-0.05, 0) is 43.9 Å². The smallest absolute Gasteiger partial charge is 0.251 e. The molecule has 4 N–H and O–H groups in total. The van der Waals surface area contributed by atoms with E-state index in [2.05, 4.69) is 5.32 Å². The Bertz CT molecular complexity index is 433. The average Bonchev–Trinajstić information content (AvgIpc) is 2.30. The van der Waals surface area contributed by atoms with Crippen LogP contribution in [0.3, 0.4) is 0 Å². The Balaban J connectivity index is 2.63. The summed E-state index contributed by atoms with van der Waals surface area (Å²) in [5.74, 6) is 0.382. The zero-order valence-electron chi connectivity index (χ0n) is 11.0. The van der Waals surface area contributed by atoms with Crippen molar-refractivity contribution in [3.8, 4) is 0 Å². The van der Waals surface area contributed by atoms with Gasteiger partial charge in [-0.3, -0.25) is 4.79 Å². The molecular weight excluding hydrogens is 248 g/mol. The zero-order chi connectivity index (χ0) is 13.8. The zero-order valence-corrected chi connectivity index (χ0v) is 11.8. The Labute approximate surface area is 112 Å². The monoisotopic (exact) mass is 268 g/mol.